The summed E-state index contributed by atoms with van der Waals surface area (Å²) in [5.41, 5.74) is 3.67. The van der Waals surface area contributed by atoms with Crippen LogP contribution in [0.15, 0.2) is 30.6 Å². The van der Waals surface area contributed by atoms with E-state index in [1.807, 2.05) is 6.07 Å². The molecule has 21 heavy (non-hydrogen) atoms. The lowest BCUT2D eigenvalue weighted by Gasteiger charge is -2.15. The average Bonchev–Trinajstić information content (AvgIpc) is 2.49. The topological polar surface area (TPSA) is 49.8 Å². The van der Waals surface area contributed by atoms with Gasteiger partial charge in [-0.3, -0.25) is 0 Å². The number of aromatic nitrogens is 2. The van der Waals surface area contributed by atoms with Gasteiger partial charge in [0.05, 0.1) is 0 Å². The molecule has 0 amide bonds. The van der Waals surface area contributed by atoms with Gasteiger partial charge in [-0.1, -0.05) is 32.0 Å². The summed E-state index contributed by atoms with van der Waals surface area (Å²) in [5.74, 6) is 1.67. The van der Waals surface area contributed by atoms with Gasteiger partial charge in [-0.15, -0.1) is 0 Å². The highest BCUT2D eigenvalue weighted by atomic mass is 15.1. The van der Waals surface area contributed by atoms with Crippen molar-refractivity contribution < 1.29 is 0 Å². The Morgan fingerprint density at radius 2 is 1.90 bits per heavy atom. The van der Waals surface area contributed by atoms with Gasteiger partial charge in [0, 0.05) is 17.8 Å². The smallest absolute Gasteiger partial charge is 0.135 e. The molecule has 0 radical (unpaired) electrons. The zero-order valence-electron chi connectivity index (χ0n) is 13.3. The van der Waals surface area contributed by atoms with E-state index < -0.39 is 0 Å². The molecule has 2 N–H and O–H groups in total. The summed E-state index contributed by atoms with van der Waals surface area (Å²) in [5, 5.41) is 6.80. The van der Waals surface area contributed by atoms with Crippen LogP contribution in [0.2, 0.25) is 0 Å². The Labute approximate surface area is 127 Å². The van der Waals surface area contributed by atoms with Crippen molar-refractivity contribution in [2.45, 2.75) is 46.6 Å². The van der Waals surface area contributed by atoms with E-state index >= 15 is 0 Å². The van der Waals surface area contributed by atoms with Crippen molar-refractivity contribution >= 4 is 17.3 Å². The summed E-state index contributed by atoms with van der Waals surface area (Å²) in [7, 11) is 0. The SMILES string of the molecule is CCc1cccc(C)c1Nc1cc(NC(C)CC)ncn1. The van der Waals surface area contributed by atoms with Crippen LogP contribution in [0.3, 0.4) is 0 Å². The molecule has 112 valence electrons. The second kappa shape index (κ2) is 7.07. The number of nitrogens with zero attached hydrogens (tertiary/aromatic N) is 2. The molecule has 4 nitrogen and oxygen atoms in total. The minimum Gasteiger partial charge on any atom is -0.367 e. The molecule has 0 fully saturated rings. The molecule has 1 aromatic carbocycles. The highest BCUT2D eigenvalue weighted by molar-refractivity contribution is 5.66. The number of para-hydroxylation sites is 1. The number of hydrogen-bond donors (Lipinski definition) is 2. The molecular formula is C17H24N4. The molecule has 1 heterocycles. The van der Waals surface area contributed by atoms with Gasteiger partial charge in [-0.25, -0.2) is 9.97 Å². The largest absolute Gasteiger partial charge is 0.367 e. The fourth-order valence-electron chi connectivity index (χ4n) is 2.19. The van der Waals surface area contributed by atoms with Gasteiger partial charge in [-0.05, 0) is 37.8 Å². The quantitative estimate of drug-likeness (QED) is 0.830. The van der Waals surface area contributed by atoms with E-state index in [1.165, 1.54) is 11.1 Å². The number of aryl methyl sites for hydroxylation is 2. The van der Waals surface area contributed by atoms with E-state index in [1.54, 1.807) is 6.33 Å². The van der Waals surface area contributed by atoms with E-state index in [9.17, 15) is 0 Å². The Kier molecular flexibility index (Phi) is 5.14. The lowest BCUT2D eigenvalue weighted by molar-refractivity contribution is 0.758. The van der Waals surface area contributed by atoms with Gasteiger partial charge in [0.15, 0.2) is 0 Å². The highest BCUT2D eigenvalue weighted by Gasteiger charge is 2.07. The maximum atomic E-state index is 4.32. The molecule has 0 saturated carbocycles. The van der Waals surface area contributed by atoms with Crippen molar-refractivity contribution in [3.63, 3.8) is 0 Å². The second-order valence-corrected chi connectivity index (χ2v) is 5.33. The summed E-state index contributed by atoms with van der Waals surface area (Å²) in [6.45, 7) is 8.57. The zero-order valence-corrected chi connectivity index (χ0v) is 13.3. The molecule has 0 aliphatic rings. The van der Waals surface area contributed by atoms with E-state index in [-0.39, 0.29) is 0 Å². The Bertz CT molecular complexity index is 595. The number of rotatable bonds is 6. The Balaban J connectivity index is 2.22. The average molecular weight is 284 g/mol. The first-order valence-corrected chi connectivity index (χ1v) is 7.58. The molecule has 4 heteroatoms. The lowest BCUT2D eigenvalue weighted by Crippen LogP contribution is -2.14. The van der Waals surface area contributed by atoms with Crippen molar-refractivity contribution in [2.24, 2.45) is 0 Å². The van der Waals surface area contributed by atoms with Crippen LogP contribution in [-0.4, -0.2) is 16.0 Å². The molecule has 2 rings (SSSR count). The van der Waals surface area contributed by atoms with E-state index in [0.717, 1.165) is 30.2 Å². The second-order valence-electron chi connectivity index (χ2n) is 5.33. The van der Waals surface area contributed by atoms with Crippen LogP contribution < -0.4 is 10.6 Å². The molecule has 1 aromatic heterocycles. The zero-order chi connectivity index (χ0) is 15.2. The minimum atomic E-state index is 0.400. The Morgan fingerprint density at radius 3 is 2.62 bits per heavy atom. The molecule has 1 unspecified atom stereocenters. The number of benzene rings is 1. The van der Waals surface area contributed by atoms with Crippen LogP contribution in [0, 0.1) is 6.92 Å². The lowest BCUT2D eigenvalue weighted by atomic mass is 10.1. The van der Waals surface area contributed by atoms with Crippen LogP contribution >= 0.6 is 0 Å². The van der Waals surface area contributed by atoms with Crippen LogP contribution in [0.1, 0.15) is 38.3 Å². The molecule has 0 spiro atoms. The molecule has 0 aliphatic carbocycles. The predicted octanol–water partition coefficient (Wildman–Crippen LogP) is 4.30. The first kappa shape index (κ1) is 15.3. The molecule has 1 atom stereocenters. The van der Waals surface area contributed by atoms with E-state index in [4.69, 9.17) is 0 Å². The highest BCUT2D eigenvalue weighted by Crippen LogP contribution is 2.25. The van der Waals surface area contributed by atoms with Gasteiger partial charge < -0.3 is 10.6 Å². The Hall–Kier alpha value is -2.10. The van der Waals surface area contributed by atoms with Crippen LogP contribution in [0.4, 0.5) is 17.3 Å². The normalized spacial score (nSPS) is 12.0. The molecule has 0 saturated heterocycles. The summed E-state index contributed by atoms with van der Waals surface area (Å²) >= 11 is 0. The summed E-state index contributed by atoms with van der Waals surface area (Å²) < 4.78 is 0. The molecular weight excluding hydrogens is 260 g/mol. The van der Waals surface area contributed by atoms with E-state index in [0.29, 0.717) is 6.04 Å². The predicted molar refractivity (Wildman–Crippen MR) is 89.2 cm³/mol. The van der Waals surface area contributed by atoms with Crippen LogP contribution in [0.5, 0.6) is 0 Å². The van der Waals surface area contributed by atoms with Crippen molar-refractivity contribution in [1.82, 2.24) is 9.97 Å². The first-order chi connectivity index (χ1) is 10.1. The first-order valence-electron chi connectivity index (χ1n) is 7.58. The minimum absolute atomic E-state index is 0.400. The summed E-state index contributed by atoms with van der Waals surface area (Å²) in [6, 6.07) is 8.71. The fourth-order valence-corrected chi connectivity index (χ4v) is 2.19. The number of anilines is 3. The summed E-state index contributed by atoms with van der Waals surface area (Å²) in [6.07, 6.45) is 3.65. The van der Waals surface area contributed by atoms with Gasteiger partial charge in [-0.2, -0.15) is 0 Å². The van der Waals surface area contributed by atoms with Gasteiger partial charge >= 0.3 is 0 Å². The third-order valence-electron chi connectivity index (χ3n) is 3.67. The van der Waals surface area contributed by atoms with Crippen molar-refractivity contribution in [3.8, 4) is 0 Å². The molecule has 0 bridgehead atoms. The maximum Gasteiger partial charge on any atom is 0.135 e. The monoisotopic (exact) mass is 284 g/mol. The fraction of sp³-hybridized carbons (Fsp3) is 0.412. The molecule has 2 aromatic rings. The van der Waals surface area contributed by atoms with Crippen molar-refractivity contribution in [3.05, 3.63) is 41.7 Å². The van der Waals surface area contributed by atoms with Gasteiger partial charge in [0.25, 0.3) is 0 Å². The third kappa shape index (κ3) is 3.94. The Morgan fingerprint density at radius 1 is 1.14 bits per heavy atom. The van der Waals surface area contributed by atoms with Crippen molar-refractivity contribution in [1.29, 1.82) is 0 Å². The van der Waals surface area contributed by atoms with Crippen LogP contribution in [0.25, 0.3) is 0 Å². The summed E-state index contributed by atoms with van der Waals surface area (Å²) in [4.78, 5) is 8.59. The van der Waals surface area contributed by atoms with Gasteiger partial charge in [0.1, 0.15) is 18.0 Å². The maximum absolute atomic E-state index is 4.32. The van der Waals surface area contributed by atoms with Crippen LogP contribution in [-0.2, 0) is 6.42 Å². The van der Waals surface area contributed by atoms with E-state index in [2.05, 4.69) is 66.5 Å². The third-order valence-corrected chi connectivity index (χ3v) is 3.67. The van der Waals surface area contributed by atoms with Gasteiger partial charge in [0.2, 0.25) is 0 Å². The molecule has 0 aliphatic heterocycles. The number of hydrogen-bond acceptors (Lipinski definition) is 4. The standard InChI is InChI=1S/C17H24N4/c1-5-13(4)20-15-10-16(19-11-18-15)21-17-12(3)8-7-9-14(17)6-2/h7-11,13H,5-6H2,1-4H3,(H2,18,19,20,21). The van der Waals surface area contributed by atoms with Crippen molar-refractivity contribution in [2.75, 3.05) is 10.6 Å². The number of nitrogens with one attached hydrogen (secondary N) is 2.